The van der Waals surface area contributed by atoms with E-state index in [9.17, 15) is 28.8 Å². The van der Waals surface area contributed by atoms with E-state index < -0.39 is 34.8 Å². The van der Waals surface area contributed by atoms with Crippen LogP contribution in [0.2, 0.25) is 0 Å². The Bertz CT molecular complexity index is 3620. The van der Waals surface area contributed by atoms with Crippen molar-refractivity contribution in [1.82, 2.24) is 0 Å². The van der Waals surface area contributed by atoms with Gasteiger partial charge in [-0.25, -0.2) is 28.8 Å². The summed E-state index contributed by atoms with van der Waals surface area (Å²) >= 11 is 0. The molecule has 0 N–H and O–H groups in total. The summed E-state index contributed by atoms with van der Waals surface area (Å²) in [4.78, 5) is 73.2. The molecule has 18 nitrogen and oxygen atoms in total. The fourth-order valence-corrected chi connectivity index (χ4v) is 8.61. The van der Waals surface area contributed by atoms with E-state index in [0.29, 0.717) is 120 Å². The summed E-state index contributed by atoms with van der Waals surface area (Å²) in [6, 6.07) is 43.6. The quantitative estimate of drug-likeness (QED) is 0.0165. The number of carbonyl (C=O) groups excluding carboxylic acids is 3. The minimum Gasteiger partial charge on any atom is -0.494 e. The van der Waals surface area contributed by atoms with Gasteiger partial charge in [0.1, 0.15) is 57.4 Å². The van der Waals surface area contributed by atoms with E-state index in [1.807, 2.05) is 0 Å². The van der Waals surface area contributed by atoms with Crippen LogP contribution < -0.4 is 45.3 Å². The number of esters is 3. The first-order valence-electron chi connectivity index (χ1n) is 27.8. The topological polar surface area (TPSA) is 225 Å². The molecule has 434 valence electrons. The van der Waals surface area contributed by atoms with E-state index in [-0.39, 0.29) is 23.4 Å². The van der Waals surface area contributed by atoms with Gasteiger partial charge < -0.3 is 55.9 Å². The number of hydrogen-bond donors (Lipinski definition) is 0. The van der Waals surface area contributed by atoms with Gasteiger partial charge in [-0.2, -0.15) is 0 Å². The zero-order chi connectivity index (χ0) is 58.3. The molecule has 18 heteroatoms. The number of unbranched alkanes of at least 4 members (excludes halogenated alkanes) is 6. The van der Waals surface area contributed by atoms with Gasteiger partial charge in [-0.1, -0.05) is 0 Å². The summed E-state index contributed by atoms with van der Waals surface area (Å²) in [6.07, 6.45) is 7.24. The van der Waals surface area contributed by atoms with Gasteiger partial charge in [0.15, 0.2) is 0 Å². The molecule has 84 heavy (non-hydrogen) atoms. The summed E-state index contributed by atoms with van der Waals surface area (Å²) < 4.78 is 68.2. The number of ether oxygens (including phenoxy) is 9. The standard InChI is InChI=1S/C66H62O18/c67-61-31-19-45-10-28-54(40-58(45)82-61)79-64(70)48-13-22-51(23-14-48)75-36-6-1-4-34-73-43-57(78-39-9-3-8-38-77-53-26-17-50(18-27-53)66(72)81-56-30-12-47-21-33-63(69)84-60(47)42-56)44-74-35-5-2-7-37-76-52-24-15-49(16-25-52)65(71)80-55-29-11-46-20-32-62(68)83-59(46)41-55/h10-33,40-42,57H,1-9,34-39,43-44H2. The van der Waals surface area contributed by atoms with Crippen LogP contribution in [0.4, 0.5) is 0 Å². The lowest BCUT2D eigenvalue weighted by atomic mass is 10.2. The van der Waals surface area contributed by atoms with Gasteiger partial charge in [-0.05, 0) is 185 Å². The Morgan fingerprint density at radius 3 is 0.940 bits per heavy atom. The minimum absolute atomic E-state index is 0.259. The molecular weight excluding hydrogens is 1080 g/mol. The molecule has 3 aromatic heterocycles. The smallest absolute Gasteiger partial charge is 0.343 e. The Hall–Kier alpha value is -9.36. The van der Waals surface area contributed by atoms with Gasteiger partial charge in [-0.15, -0.1) is 0 Å². The van der Waals surface area contributed by atoms with Crippen LogP contribution in [0.1, 0.15) is 88.9 Å². The summed E-state index contributed by atoms with van der Waals surface area (Å²) in [5.74, 6) is 1.02. The number of rotatable bonds is 32. The van der Waals surface area contributed by atoms with Gasteiger partial charge in [-0.3, -0.25) is 0 Å². The number of carbonyl (C=O) groups is 3. The van der Waals surface area contributed by atoms with E-state index in [2.05, 4.69) is 0 Å². The summed E-state index contributed by atoms with van der Waals surface area (Å²) in [7, 11) is 0. The third-order valence-corrected chi connectivity index (χ3v) is 13.1. The van der Waals surface area contributed by atoms with Crippen LogP contribution in [0, 0.1) is 0 Å². The molecule has 9 aromatic rings. The van der Waals surface area contributed by atoms with Crippen LogP contribution in [0.25, 0.3) is 32.9 Å². The zero-order valence-electron chi connectivity index (χ0n) is 46.0. The van der Waals surface area contributed by atoms with E-state index >= 15 is 0 Å². The molecule has 0 saturated carbocycles. The van der Waals surface area contributed by atoms with Crippen LogP contribution in [-0.2, 0) is 14.2 Å². The van der Waals surface area contributed by atoms with E-state index in [4.69, 9.17) is 55.9 Å². The van der Waals surface area contributed by atoms with Crippen molar-refractivity contribution in [2.75, 3.05) is 52.9 Å². The van der Waals surface area contributed by atoms with Gasteiger partial charge in [0, 0.05) is 72.4 Å². The number of benzene rings is 6. The molecular formula is C66H62O18. The second kappa shape index (κ2) is 30.6. The highest BCUT2D eigenvalue weighted by Gasteiger charge is 2.15. The molecule has 0 amide bonds. The molecule has 0 bridgehead atoms. The Morgan fingerprint density at radius 1 is 0.321 bits per heavy atom. The maximum atomic E-state index is 12.8. The lowest BCUT2D eigenvalue weighted by Crippen LogP contribution is -2.27. The van der Waals surface area contributed by atoms with Crippen molar-refractivity contribution in [3.8, 4) is 34.5 Å². The first-order valence-corrected chi connectivity index (χ1v) is 27.8. The normalized spacial score (nSPS) is 11.2. The van der Waals surface area contributed by atoms with Crippen molar-refractivity contribution < 1.29 is 70.3 Å². The second-order valence-corrected chi connectivity index (χ2v) is 19.5. The molecule has 0 aliphatic rings. The molecule has 6 aromatic carbocycles. The molecule has 9 rings (SSSR count). The largest absolute Gasteiger partial charge is 0.494 e. The first kappa shape index (κ1) is 59.3. The number of hydrogen-bond acceptors (Lipinski definition) is 18. The van der Waals surface area contributed by atoms with Crippen molar-refractivity contribution in [3.63, 3.8) is 0 Å². The average molecular weight is 1140 g/mol. The maximum absolute atomic E-state index is 12.8. The lowest BCUT2D eigenvalue weighted by Gasteiger charge is -2.18. The predicted molar refractivity (Wildman–Crippen MR) is 311 cm³/mol. The molecule has 0 atom stereocenters. The van der Waals surface area contributed by atoms with Crippen LogP contribution in [0.3, 0.4) is 0 Å². The monoisotopic (exact) mass is 1140 g/mol. The molecule has 3 heterocycles. The molecule has 0 unspecified atom stereocenters. The van der Waals surface area contributed by atoms with E-state index in [0.717, 1.165) is 57.8 Å². The van der Waals surface area contributed by atoms with E-state index in [1.165, 1.54) is 36.4 Å². The maximum Gasteiger partial charge on any atom is 0.343 e. The van der Waals surface area contributed by atoms with Gasteiger partial charge in [0.25, 0.3) is 0 Å². The van der Waals surface area contributed by atoms with Gasteiger partial charge in [0.2, 0.25) is 0 Å². The van der Waals surface area contributed by atoms with Crippen molar-refractivity contribution in [3.05, 3.63) is 212 Å². The fourth-order valence-electron chi connectivity index (χ4n) is 8.61. The molecule has 0 spiro atoms. The Balaban J connectivity index is 0.649. The fraction of sp³-hybridized carbons (Fsp3) is 0.273. The molecule has 0 aliphatic heterocycles. The van der Waals surface area contributed by atoms with Crippen molar-refractivity contribution in [1.29, 1.82) is 0 Å². The number of fused-ring (bicyclic) bond motifs is 3. The highest BCUT2D eigenvalue weighted by molar-refractivity contribution is 5.93. The molecule has 0 aliphatic carbocycles. The van der Waals surface area contributed by atoms with Gasteiger partial charge >= 0.3 is 34.8 Å². The lowest BCUT2D eigenvalue weighted by molar-refractivity contribution is -0.0617. The molecule has 0 saturated heterocycles. The highest BCUT2D eigenvalue weighted by Crippen LogP contribution is 2.25. The highest BCUT2D eigenvalue weighted by atomic mass is 16.6. The predicted octanol–water partition coefficient (Wildman–Crippen LogP) is 12.1. The summed E-state index contributed by atoms with van der Waals surface area (Å²) in [6.45, 7) is 3.84. The Morgan fingerprint density at radius 2 is 0.607 bits per heavy atom. The Labute approximate surface area is 482 Å². The Kier molecular flexibility index (Phi) is 21.6. The minimum atomic E-state index is -0.552. The SMILES string of the molecule is O=C(Oc1ccc2ccc(=O)oc2c1)c1ccc(OCCCCCOCC(COCCCCCOc2ccc(C(=O)Oc3ccc4ccc(=O)oc4c3)cc2)OCCCCCOc2ccc(C(=O)Oc3ccc4ccc(=O)oc4c3)cc2)cc1. The zero-order valence-corrected chi connectivity index (χ0v) is 46.0. The second-order valence-electron chi connectivity index (χ2n) is 19.5. The van der Waals surface area contributed by atoms with Crippen LogP contribution in [0.15, 0.2) is 191 Å². The average Bonchev–Trinajstić information content (AvgIpc) is 3.71. The van der Waals surface area contributed by atoms with Crippen LogP contribution >= 0.6 is 0 Å². The van der Waals surface area contributed by atoms with Crippen LogP contribution in [-0.4, -0.2) is 76.9 Å². The first-order chi connectivity index (χ1) is 41.1. The summed E-state index contributed by atoms with van der Waals surface area (Å²) in [5.41, 5.74) is 0.554. The van der Waals surface area contributed by atoms with Crippen molar-refractivity contribution in [2.24, 2.45) is 0 Å². The van der Waals surface area contributed by atoms with Crippen molar-refractivity contribution in [2.45, 2.75) is 63.9 Å². The molecule has 0 fully saturated rings. The van der Waals surface area contributed by atoms with Crippen molar-refractivity contribution >= 4 is 50.8 Å². The third-order valence-electron chi connectivity index (χ3n) is 13.1. The van der Waals surface area contributed by atoms with Crippen LogP contribution in [0.5, 0.6) is 34.5 Å². The molecule has 0 radical (unpaired) electrons. The van der Waals surface area contributed by atoms with Gasteiger partial charge in [0.05, 0.1) is 49.7 Å². The van der Waals surface area contributed by atoms with E-state index in [1.54, 1.807) is 127 Å². The summed E-state index contributed by atoms with van der Waals surface area (Å²) in [5, 5.41) is 2.15. The third kappa shape index (κ3) is 18.3.